The number of anilines is 1. The molecule has 1 aromatic heterocycles. The SMILES string of the molecule is CCCCCC(C)NC(=O)c1cccc(N2C(=O)N3CCc4c([nH]c5ccccc45)[C@@]3(C)C2=O)c1. The third kappa shape index (κ3) is 3.70. The molecule has 1 unspecified atom stereocenters. The Morgan fingerprint density at radius 2 is 1.94 bits per heavy atom. The van der Waals surface area contributed by atoms with Gasteiger partial charge in [0.1, 0.15) is 0 Å². The summed E-state index contributed by atoms with van der Waals surface area (Å²) < 4.78 is 0. The number of benzene rings is 2. The van der Waals surface area contributed by atoms with Crippen molar-refractivity contribution < 1.29 is 14.4 Å². The fourth-order valence-corrected chi connectivity index (χ4v) is 5.49. The van der Waals surface area contributed by atoms with Gasteiger partial charge in [0.05, 0.1) is 11.4 Å². The van der Waals surface area contributed by atoms with E-state index in [-0.39, 0.29) is 23.9 Å². The van der Waals surface area contributed by atoms with Crippen LogP contribution < -0.4 is 10.2 Å². The number of H-pyrrole nitrogens is 1. The molecule has 5 rings (SSSR count). The molecule has 7 nitrogen and oxygen atoms in total. The monoisotopic (exact) mass is 472 g/mol. The summed E-state index contributed by atoms with van der Waals surface area (Å²) in [4.78, 5) is 46.5. The number of aromatic amines is 1. The van der Waals surface area contributed by atoms with Crippen molar-refractivity contribution in [3.8, 4) is 0 Å². The van der Waals surface area contributed by atoms with Crippen LogP contribution in [0.1, 0.15) is 68.1 Å². The third-order valence-electron chi connectivity index (χ3n) is 7.45. The molecule has 0 aliphatic carbocycles. The second kappa shape index (κ2) is 8.87. The average molecular weight is 473 g/mol. The van der Waals surface area contributed by atoms with Crippen LogP contribution in [0.25, 0.3) is 10.9 Å². The maximum absolute atomic E-state index is 13.9. The number of carbonyl (C=O) groups is 3. The van der Waals surface area contributed by atoms with Crippen molar-refractivity contribution in [3.05, 3.63) is 65.4 Å². The molecule has 3 aromatic rings. The average Bonchev–Trinajstić information content (AvgIpc) is 3.33. The van der Waals surface area contributed by atoms with E-state index in [1.807, 2.05) is 38.1 Å². The highest BCUT2D eigenvalue weighted by molar-refractivity contribution is 6.24. The molecule has 2 aliphatic heterocycles. The van der Waals surface area contributed by atoms with Gasteiger partial charge in [-0.25, -0.2) is 9.69 Å². The molecule has 4 amide bonds. The van der Waals surface area contributed by atoms with Crippen molar-refractivity contribution in [1.29, 1.82) is 0 Å². The molecule has 3 heterocycles. The van der Waals surface area contributed by atoms with Gasteiger partial charge in [-0.2, -0.15) is 0 Å². The Hall–Kier alpha value is -3.61. The number of carbonyl (C=O) groups excluding carboxylic acids is 3. The number of imide groups is 1. The summed E-state index contributed by atoms with van der Waals surface area (Å²) in [6.45, 7) is 6.43. The van der Waals surface area contributed by atoms with E-state index in [0.717, 1.165) is 47.8 Å². The highest BCUT2D eigenvalue weighted by Crippen LogP contribution is 2.45. The molecular weight excluding hydrogens is 440 g/mol. The van der Waals surface area contributed by atoms with Crippen molar-refractivity contribution >= 4 is 34.4 Å². The molecule has 1 fully saturated rings. The van der Waals surface area contributed by atoms with E-state index in [0.29, 0.717) is 24.2 Å². The number of para-hydroxylation sites is 1. The number of rotatable bonds is 7. The summed E-state index contributed by atoms with van der Waals surface area (Å²) in [6.07, 6.45) is 4.94. The zero-order valence-corrected chi connectivity index (χ0v) is 20.6. The van der Waals surface area contributed by atoms with Gasteiger partial charge in [-0.15, -0.1) is 0 Å². The van der Waals surface area contributed by atoms with Gasteiger partial charge >= 0.3 is 6.03 Å². The van der Waals surface area contributed by atoms with Crippen LogP contribution in [0.3, 0.4) is 0 Å². The number of hydrogen-bond acceptors (Lipinski definition) is 3. The fraction of sp³-hybridized carbons (Fsp3) is 0.393. The second-order valence-electron chi connectivity index (χ2n) is 9.84. The first-order chi connectivity index (χ1) is 16.9. The Balaban J connectivity index is 1.43. The van der Waals surface area contributed by atoms with E-state index in [2.05, 4.69) is 17.2 Å². The van der Waals surface area contributed by atoms with Gasteiger partial charge in [0.25, 0.3) is 11.8 Å². The fourth-order valence-electron chi connectivity index (χ4n) is 5.49. The summed E-state index contributed by atoms with van der Waals surface area (Å²) in [5, 5.41) is 4.13. The number of aromatic nitrogens is 1. The lowest BCUT2D eigenvalue weighted by Gasteiger charge is -2.35. The van der Waals surface area contributed by atoms with Crippen molar-refractivity contribution in [2.75, 3.05) is 11.4 Å². The number of fused-ring (bicyclic) bond motifs is 5. The first-order valence-corrected chi connectivity index (χ1v) is 12.5. The maximum Gasteiger partial charge on any atom is 0.332 e. The van der Waals surface area contributed by atoms with Crippen LogP contribution in [0.4, 0.5) is 10.5 Å². The topological polar surface area (TPSA) is 85.5 Å². The molecule has 2 N–H and O–H groups in total. The van der Waals surface area contributed by atoms with Crippen LogP contribution in [0.5, 0.6) is 0 Å². The van der Waals surface area contributed by atoms with Crippen molar-refractivity contribution in [3.63, 3.8) is 0 Å². The number of amides is 4. The van der Waals surface area contributed by atoms with E-state index < -0.39 is 5.54 Å². The Morgan fingerprint density at radius 3 is 2.74 bits per heavy atom. The lowest BCUT2D eigenvalue weighted by molar-refractivity contribution is -0.125. The largest absolute Gasteiger partial charge is 0.356 e. The smallest absolute Gasteiger partial charge is 0.332 e. The van der Waals surface area contributed by atoms with Crippen LogP contribution in [0, 0.1) is 0 Å². The molecule has 182 valence electrons. The van der Waals surface area contributed by atoms with E-state index >= 15 is 0 Å². The lowest BCUT2D eigenvalue weighted by Crippen LogP contribution is -2.49. The summed E-state index contributed by atoms with van der Waals surface area (Å²) in [5.74, 6) is -0.503. The van der Waals surface area contributed by atoms with Gasteiger partial charge in [-0.3, -0.25) is 9.59 Å². The van der Waals surface area contributed by atoms with Crippen molar-refractivity contribution in [2.24, 2.45) is 0 Å². The summed E-state index contributed by atoms with van der Waals surface area (Å²) in [6, 6.07) is 14.5. The molecule has 2 atom stereocenters. The predicted molar refractivity (Wildman–Crippen MR) is 136 cm³/mol. The number of unbranched alkanes of at least 4 members (excludes halogenated alkanes) is 2. The van der Waals surface area contributed by atoms with E-state index in [1.54, 1.807) is 29.2 Å². The van der Waals surface area contributed by atoms with E-state index in [1.165, 1.54) is 4.90 Å². The van der Waals surface area contributed by atoms with Gasteiger partial charge in [-0.1, -0.05) is 50.5 Å². The molecule has 1 saturated heterocycles. The first-order valence-electron chi connectivity index (χ1n) is 12.5. The third-order valence-corrected chi connectivity index (χ3v) is 7.45. The normalized spacial score (nSPS) is 20.2. The summed E-state index contributed by atoms with van der Waals surface area (Å²) in [7, 11) is 0. The second-order valence-corrected chi connectivity index (χ2v) is 9.84. The summed E-state index contributed by atoms with van der Waals surface area (Å²) in [5.41, 5.74) is 2.57. The number of hydrogen-bond donors (Lipinski definition) is 2. The highest BCUT2D eigenvalue weighted by Gasteiger charge is 2.59. The molecule has 7 heteroatoms. The summed E-state index contributed by atoms with van der Waals surface area (Å²) >= 11 is 0. The van der Waals surface area contributed by atoms with Crippen molar-refractivity contribution in [2.45, 2.75) is 64.5 Å². The number of nitrogens with one attached hydrogen (secondary N) is 2. The zero-order valence-electron chi connectivity index (χ0n) is 20.6. The molecule has 2 aromatic carbocycles. The highest BCUT2D eigenvalue weighted by atomic mass is 16.2. The number of nitrogens with zero attached hydrogens (tertiary/aromatic N) is 2. The Kier molecular flexibility index (Phi) is 5.87. The van der Waals surface area contributed by atoms with Gasteiger partial charge in [0.15, 0.2) is 5.54 Å². The Morgan fingerprint density at radius 1 is 1.14 bits per heavy atom. The molecule has 0 saturated carbocycles. The van der Waals surface area contributed by atoms with Crippen LogP contribution in [-0.2, 0) is 16.8 Å². The molecular formula is C28H32N4O3. The minimum absolute atomic E-state index is 0.0566. The van der Waals surface area contributed by atoms with Gasteiger partial charge in [0.2, 0.25) is 0 Å². The van der Waals surface area contributed by atoms with Crippen LogP contribution in [-0.4, -0.2) is 40.3 Å². The van der Waals surface area contributed by atoms with Gasteiger partial charge in [0, 0.05) is 29.1 Å². The minimum Gasteiger partial charge on any atom is -0.356 e. The maximum atomic E-state index is 13.9. The molecule has 0 bridgehead atoms. The molecule has 2 aliphatic rings. The lowest BCUT2D eigenvalue weighted by atomic mass is 9.87. The zero-order chi connectivity index (χ0) is 24.7. The minimum atomic E-state index is -1.12. The van der Waals surface area contributed by atoms with Gasteiger partial charge < -0.3 is 15.2 Å². The Labute approximate surface area is 205 Å². The molecule has 35 heavy (non-hydrogen) atoms. The van der Waals surface area contributed by atoms with Crippen molar-refractivity contribution in [1.82, 2.24) is 15.2 Å². The quantitative estimate of drug-likeness (QED) is 0.370. The number of urea groups is 1. The molecule has 0 spiro atoms. The van der Waals surface area contributed by atoms with Crippen LogP contribution in [0.2, 0.25) is 0 Å². The van der Waals surface area contributed by atoms with Crippen LogP contribution >= 0.6 is 0 Å². The van der Waals surface area contributed by atoms with Crippen LogP contribution in [0.15, 0.2) is 48.5 Å². The first kappa shape index (κ1) is 23.1. The Bertz CT molecular complexity index is 1310. The standard InChI is InChI=1S/C28H32N4O3/c1-4-5-6-10-18(2)29-25(33)19-11-9-12-20(17-19)32-26(34)28(3)24-22(15-16-31(28)27(32)35)21-13-7-8-14-23(21)30-24/h7-9,11-14,17-18,30H,4-6,10,15-16H2,1-3H3,(H,29,33)/t18?,28-/m0/s1. The molecule has 0 radical (unpaired) electrons. The predicted octanol–water partition coefficient (Wildman–Crippen LogP) is 5.11. The van der Waals surface area contributed by atoms with E-state index in [4.69, 9.17) is 0 Å². The van der Waals surface area contributed by atoms with E-state index in [9.17, 15) is 14.4 Å². The van der Waals surface area contributed by atoms with Gasteiger partial charge in [-0.05, 0) is 56.5 Å².